The first-order valence-corrected chi connectivity index (χ1v) is 15.7. The molecule has 44 heavy (non-hydrogen) atoms. The van der Waals surface area contributed by atoms with Crippen LogP contribution in [0.3, 0.4) is 0 Å². The van der Waals surface area contributed by atoms with E-state index in [0.29, 0.717) is 6.42 Å². The lowest BCUT2D eigenvalue weighted by Crippen LogP contribution is -2.45. The number of benzene rings is 3. The van der Waals surface area contributed by atoms with Gasteiger partial charge in [-0.1, -0.05) is 54.1 Å². The van der Waals surface area contributed by atoms with Crippen LogP contribution >= 0.6 is 0 Å². The van der Waals surface area contributed by atoms with E-state index in [0.717, 1.165) is 44.3 Å². The summed E-state index contributed by atoms with van der Waals surface area (Å²) in [6.45, 7) is 9.07. The van der Waals surface area contributed by atoms with E-state index in [2.05, 4.69) is 10.3 Å². The number of rotatable bonds is 10. The van der Waals surface area contributed by atoms with Crippen molar-refractivity contribution in [1.82, 2.24) is 10.3 Å². The Morgan fingerprint density at radius 1 is 0.909 bits per heavy atom. The van der Waals surface area contributed by atoms with E-state index in [4.69, 9.17) is 13.7 Å². The van der Waals surface area contributed by atoms with Crippen molar-refractivity contribution >= 4 is 33.0 Å². The van der Waals surface area contributed by atoms with Gasteiger partial charge >= 0.3 is 12.1 Å². The van der Waals surface area contributed by atoms with Crippen molar-refractivity contribution in [3.8, 4) is 11.3 Å². The topological polar surface area (TPSA) is 121 Å². The van der Waals surface area contributed by atoms with E-state index in [-0.39, 0.29) is 17.9 Å². The maximum Gasteiger partial charge on any atom is 0.408 e. The predicted molar refractivity (Wildman–Crippen MR) is 169 cm³/mol. The molecule has 0 aliphatic rings. The Kier molecular flexibility index (Phi) is 10.1. The van der Waals surface area contributed by atoms with Crippen molar-refractivity contribution < 1.29 is 31.7 Å². The van der Waals surface area contributed by atoms with Crippen LogP contribution in [0.15, 0.2) is 77.8 Å². The Labute approximate surface area is 258 Å². The van der Waals surface area contributed by atoms with Crippen LogP contribution in [0.4, 0.5) is 4.79 Å². The second-order valence-electron chi connectivity index (χ2n) is 11.5. The molecule has 0 bridgehead atoms. The maximum absolute atomic E-state index is 12.6. The Hall–Kier alpha value is -4.28. The van der Waals surface area contributed by atoms with Gasteiger partial charge in [0.25, 0.3) is 10.1 Å². The molecule has 3 aromatic carbocycles. The summed E-state index contributed by atoms with van der Waals surface area (Å²) in [5, 5.41) is 4.45. The van der Waals surface area contributed by atoms with Gasteiger partial charge in [-0.25, -0.2) is 9.59 Å². The van der Waals surface area contributed by atoms with Gasteiger partial charge in [-0.3, -0.25) is 9.17 Å². The summed E-state index contributed by atoms with van der Waals surface area (Å²) in [6.07, 6.45) is 1.56. The van der Waals surface area contributed by atoms with E-state index in [1.165, 1.54) is 19.2 Å². The average Bonchev–Trinajstić information content (AvgIpc) is 2.96. The average molecular weight is 619 g/mol. The molecule has 0 spiro atoms. The van der Waals surface area contributed by atoms with Gasteiger partial charge in [-0.15, -0.1) is 0 Å². The highest BCUT2D eigenvalue weighted by atomic mass is 32.2. The summed E-state index contributed by atoms with van der Waals surface area (Å²) < 4.78 is 41.0. The number of carbonyl (C=O) groups is 2. The first-order valence-electron chi connectivity index (χ1n) is 14.3. The molecule has 0 saturated heterocycles. The number of aromatic nitrogens is 1. The lowest BCUT2D eigenvalue weighted by molar-refractivity contribution is -0.143. The maximum atomic E-state index is 12.6. The second kappa shape index (κ2) is 13.6. The number of alkyl carbamates (subject to hydrolysis) is 1. The molecule has 4 rings (SSSR count). The van der Waals surface area contributed by atoms with Crippen molar-refractivity contribution in [2.24, 2.45) is 0 Å². The van der Waals surface area contributed by atoms with Gasteiger partial charge in [0.2, 0.25) is 0 Å². The Bertz CT molecular complexity index is 1760. The SMILES string of the molecule is COC(=O)[C@H](Cc1cccc2c(-c3nccc(CCOS(=O)(=O)c4ccc(C)cc4)c3C)cccc12)NC(=O)OC(C)(C)C. The number of ether oxygens (including phenoxy) is 2. The van der Waals surface area contributed by atoms with Crippen LogP contribution in [0.1, 0.15) is 43.0 Å². The minimum atomic E-state index is -3.87. The summed E-state index contributed by atoms with van der Waals surface area (Å²) in [4.78, 5) is 29.9. The summed E-state index contributed by atoms with van der Waals surface area (Å²) in [6, 6.07) is 19.1. The normalized spacial score (nSPS) is 12.5. The Morgan fingerprint density at radius 3 is 2.27 bits per heavy atom. The molecular weight excluding hydrogens is 580 g/mol. The highest BCUT2D eigenvalue weighted by molar-refractivity contribution is 7.86. The number of fused-ring (bicyclic) bond motifs is 1. The largest absolute Gasteiger partial charge is 0.467 e. The van der Waals surface area contributed by atoms with Gasteiger partial charge in [-0.2, -0.15) is 8.42 Å². The summed E-state index contributed by atoms with van der Waals surface area (Å²) >= 11 is 0. The Morgan fingerprint density at radius 2 is 1.59 bits per heavy atom. The van der Waals surface area contributed by atoms with Crippen LogP contribution in [-0.4, -0.2) is 50.8 Å². The van der Waals surface area contributed by atoms with Crippen LogP contribution in [0, 0.1) is 13.8 Å². The van der Waals surface area contributed by atoms with Crippen LogP contribution < -0.4 is 5.32 Å². The summed E-state index contributed by atoms with van der Waals surface area (Å²) in [5.74, 6) is -0.583. The van der Waals surface area contributed by atoms with Gasteiger partial charge in [0, 0.05) is 18.2 Å². The van der Waals surface area contributed by atoms with Gasteiger partial charge < -0.3 is 14.8 Å². The number of carbonyl (C=O) groups excluding carboxylic acids is 2. The van der Waals surface area contributed by atoms with Gasteiger partial charge in [0.05, 0.1) is 24.3 Å². The standard InChI is InChI=1S/C34H38N2O7S/c1-22-13-15-26(16-14-22)44(39,40)42-20-18-24-17-19-35-31(23(24)2)29-12-8-10-27-25(9-7-11-28(27)29)21-30(32(37)41-6)36-33(38)43-34(3,4)5/h7-17,19,30H,18,20-21H2,1-6H3,(H,36,38)/t30-/m0/s1. The van der Waals surface area contributed by atoms with Gasteiger partial charge in [0.15, 0.2) is 0 Å². The van der Waals surface area contributed by atoms with E-state index in [1.807, 2.05) is 56.3 Å². The van der Waals surface area contributed by atoms with Gasteiger partial charge in [0.1, 0.15) is 11.6 Å². The summed E-state index contributed by atoms with van der Waals surface area (Å²) in [5.41, 5.74) is 4.52. The molecule has 0 unspecified atom stereocenters. The molecule has 0 aliphatic carbocycles. The zero-order chi connectivity index (χ0) is 32.1. The van der Waals surface area contributed by atoms with Crippen LogP contribution in [0.2, 0.25) is 0 Å². The third-order valence-electron chi connectivity index (χ3n) is 7.10. The van der Waals surface area contributed by atoms with Crippen molar-refractivity contribution in [1.29, 1.82) is 0 Å². The van der Waals surface area contributed by atoms with Crippen molar-refractivity contribution in [3.05, 3.63) is 95.2 Å². The highest BCUT2D eigenvalue weighted by Crippen LogP contribution is 2.33. The molecule has 1 aromatic heterocycles. The van der Waals surface area contributed by atoms with Crippen molar-refractivity contribution in [2.45, 2.75) is 64.0 Å². The number of nitrogens with zero attached hydrogens (tertiary/aromatic N) is 1. The number of methoxy groups -OCH3 is 1. The molecule has 10 heteroatoms. The fraction of sp³-hybridized carbons (Fsp3) is 0.324. The quantitative estimate of drug-likeness (QED) is 0.168. The van der Waals surface area contributed by atoms with Crippen LogP contribution in [0.25, 0.3) is 22.0 Å². The van der Waals surface area contributed by atoms with E-state index >= 15 is 0 Å². The number of hydrogen-bond acceptors (Lipinski definition) is 8. The molecule has 0 radical (unpaired) electrons. The smallest absolute Gasteiger partial charge is 0.408 e. The van der Waals surface area contributed by atoms with Gasteiger partial charge in [-0.05, 0) is 86.7 Å². The third-order valence-corrected chi connectivity index (χ3v) is 8.43. The minimum absolute atomic E-state index is 0.0141. The number of amides is 1. The first-order chi connectivity index (χ1) is 20.8. The van der Waals surface area contributed by atoms with E-state index in [1.54, 1.807) is 39.1 Å². The molecule has 1 heterocycles. The lowest BCUT2D eigenvalue weighted by atomic mass is 9.92. The highest BCUT2D eigenvalue weighted by Gasteiger charge is 2.26. The number of nitrogens with one attached hydrogen (secondary N) is 1. The zero-order valence-corrected chi connectivity index (χ0v) is 26.7. The molecule has 0 aliphatic heterocycles. The molecule has 4 aromatic rings. The van der Waals surface area contributed by atoms with Crippen LogP contribution in [-0.2, 0) is 41.4 Å². The molecule has 9 nitrogen and oxygen atoms in total. The predicted octanol–water partition coefficient (Wildman–Crippen LogP) is 6.08. The molecule has 0 fully saturated rings. The second-order valence-corrected chi connectivity index (χ2v) is 13.1. The molecule has 1 N–H and O–H groups in total. The number of aryl methyl sites for hydroxylation is 1. The van der Waals surface area contributed by atoms with E-state index in [9.17, 15) is 18.0 Å². The molecule has 1 amide bonds. The monoisotopic (exact) mass is 618 g/mol. The fourth-order valence-electron chi connectivity index (χ4n) is 4.92. The molecule has 0 saturated carbocycles. The van der Waals surface area contributed by atoms with Crippen molar-refractivity contribution in [3.63, 3.8) is 0 Å². The molecule has 232 valence electrons. The lowest BCUT2D eigenvalue weighted by Gasteiger charge is -2.23. The first kappa shape index (κ1) is 32.6. The number of hydrogen-bond donors (Lipinski definition) is 1. The molecule has 1 atom stereocenters. The third kappa shape index (κ3) is 8.00. The minimum Gasteiger partial charge on any atom is -0.467 e. The van der Waals surface area contributed by atoms with Crippen molar-refractivity contribution in [2.75, 3.05) is 13.7 Å². The number of esters is 1. The number of pyridine rings is 1. The van der Waals surface area contributed by atoms with Crippen LogP contribution in [0.5, 0.6) is 0 Å². The summed E-state index contributed by atoms with van der Waals surface area (Å²) in [7, 11) is -2.60. The Balaban J connectivity index is 1.59. The molecular formula is C34H38N2O7S. The van der Waals surface area contributed by atoms with E-state index < -0.39 is 33.8 Å². The fourth-order valence-corrected chi connectivity index (χ4v) is 5.83. The zero-order valence-electron chi connectivity index (χ0n) is 25.8.